The molecule has 0 spiro atoms. The van der Waals surface area contributed by atoms with E-state index in [4.69, 9.17) is 0 Å². The van der Waals surface area contributed by atoms with Crippen LogP contribution in [0.15, 0.2) is 30.5 Å². The fraction of sp³-hybridized carbons (Fsp3) is 0.429. The number of nitrogens with one attached hydrogen (secondary N) is 1. The molecule has 1 aliphatic rings. The molecular weight excluding hydrogens is 196 g/mol. The standard InChI is InChI=1S/C14H18N2/c1-11-2-3-12-6-8-16(14(12)10-11)9-7-15-13-4-5-13/h2-3,6,8,10,13,15H,4-5,7,9H2,1H3. The van der Waals surface area contributed by atoms with E-state index in [9.17, 15) is 0 Å². The van der Waals surface area contributed by atoms with Crippen LogP contribution in [0.4, 0.5) is 0 Å². The van der Waals surface area contributed by atoms with Crippen molar-refractivity contribution < 1.29 is 0 Å². The highest BCUT2D eigenvalue weighted by Gasteiger charge is 2.19. The zero-order valence-corrected chi connectivity index (χ0v) is 9.74. The highest BCUT2D eigenvalue weighted by Crippen LogP contribution is 2.19. The predicted molar refractivity (Wildman–Crippen MR) is 67.7 cm³/mol. The first kappa shape index (κ1) is 9.91. The molecule has 2 aromatic rings. The number of fused-ring (bicyclic) bond motifs is 1. The summed E-state index contributed by atoms with van der Waals surface area (Å²) >= 11 is 0. The van der Waals surface area contributed by atoms with Gasteiger partial charge in [-0.2, -0.15) is 0 Å². The van der Waals surface area contributed by atoms with Gasteiger partial charge in [-0.05, 0) is 42.8 Å². The molecule has 0 unspecified atom stereocenters. The van der Waals surface area contributed by atoms with Crippen LogP contribution in [0.5, 0.6) is 0 Å². The average Bonchev–Trinajstić information content (AvgIpc) is 3.01. The van der Waals surface area contributed by atoms with Gasteiger partial charge in [0.2, 0.25) is 0 Å². The van der Waals surface area contributed by atoms with E-state index >= 15 is 0 Å². The summed E-state index contributed by atoms with van der Waals surface area (Å²) in [6.45, 7) is 4.31. The van der Waals surface area contributed by atoms with Crippen molar-refractivity contribution >= 4 is 10.9 Å². The zero-order valence-electron chi connectivity index (χ0n) is 9.74. The number of benzene rings is 1. The zero-order chi connectivity index (χ0) is 11.0. The maximum Gasteiger partial charge on any atom is 0.0483 e. The van der Waals surface area contributed by atoms with Gasteiger partial charge in [0.1, 0.15) is 0 Å². The number of hydrogen-bond donors (Lipinski definition) is 1. The molecule has 0 atom stereocenters. The molecule has 1 fully saturated rings. The normalized spacial score (nSPS) is 15.8. The van der Waals surface area contributed by atoms with Crippen molar-refractivity contribution in [3.63, 3.8) is 0 Å². The van der Waals surface area contributed by atoms with Gasteiger partial charge in [-0.15, -0.1) is 0 Å². The van der Waals surface area contributed by atoms with Crippen LogP contribution in [0.2, 0.25) is 0 Å². The maximum absolute atomic E-state index is 3.55. The van der Waals surface area contributed by atoms with Crippen molar-refractivity contribution in [1.82, 2.24) is 9.88 Å². The Bertz CT molecular complexity index is 494. The van der Waals surface area contributed by atoms with Crippen LogP contribution in [-0.2, 0) is 6.54 Å². The smallest absolute Gasteiger partial charge is 0.0483 e. The van der Waals surface area contributed by atoms with Crippen LogP contribution in [0.1, 0.15) is 18.4 Å². The number of nitrogens with zero attached hydrogens (tertiary/aromatic N) is 1. The molecule has 1 saturated carbocycles. The summed E-state index contributed by atoms with van der Waals surface area (Å²) in [4.78, 5) is 0. The SMILES string of the molecule is Cc1ccc2ccn(CCNC3CC3)c2c1. The van der Waals surface area contributed by atoms with Gasteiger partial charge >= 0.3 is 0 Å². The molecule has 0 aliphatic heterocycles. The second-order valence-electron chi connectivity index (χ2n) is 4.80. The molecular formula is C14H18N2. The van der Waals surface area contributed by atoms with Gasteiger partial charge in [-0.25, -0.2) is 0 Å². The molecule has 3 rings (SSSR count). The second-order valence-corrected chi connectivity index (χ2v) is 4.80. The minimum absolute atomic E-state index is 0.809. The molecule has 1 aromatic heterocycles. The lowest BCUT2D eigenvalue weighted by Crippen LogP contribution is -2.21. The number of rotatable bonds is 4. The van der Waals surface area contributed by atoms with E-state index in [2.05, 4.69) is 47.3 Å². The lowest BCUT2D eigenvalue weighted by molar-refractivity contribution is 0.606. The first-order valence-corrected chi connectivity index (χ1v) is 6.12. The molecule has 84 valence electrons. The van der Waals surface area contributed by atoms with E-state index in [1.54, 1.807) is 0 Å². The number of aromatic nitrogens is 1. The molecule has 16 heavy (non-hydrogen) atoms. The van der Waals surface area contributed by atoms with Crippen LogP contribution in [0.3, 0.4) is 0 Å². The van der Waals surface area contributed by atoms with Gasteiger partial charge < -0.3 is 9.88 Å². The summed E-state index contributed by atoms with van der Waals surface area (Å²) in [5, 5.41) is 4.90. The Morgan fingerprint density at radius 3 is 3.00 bits per heavy atom. The maximum atomic E-state index is 3.55. The molecule has 2 heteroatoms. The first-order valence-electron chi connectivity index (χ1n) is 6.12. The second kappa shape index (κ2) is 3.95. The van der Waals surface area contributed by atoms with E-state index in [1.807, 2.05) is 0 Å². The molecule has 0 bridgehead atoms. The highest BCUT2D eigenvalue weighted by molar-refractivity contribution is 5.80. The predicted octanol–water partition coefficient (Wildman–Crippen LogP) is 2.70. The van der Waals surface area contributed by atoms with E-state index in [0.29, 0.717) is 0 Å². The third kappa shape index (κ3) is 1.98. The Labute approximate surface area is 96.3 Å². The lowest BCUT2D eigenvalue weighted by Gasteiger charge is -2.06. The van der Waals surface area contributed by atoms with Crippen LogP contribution >= 0.6 is 0 Å². The minimum atomic E-state index is 0.809. The van der Waals surface area contributed by atoms with Crippen LogP contribution < -0.4 is 5.32 Å². The van der Waals surface area contributed by atoms with Crippen LogP contribution in [0, 0.1) is 6.92 Å². The Morgan fingerprint density at radius 2 is 2.19 bits per heavy atom. The third-order valence-corrected chi connectivity index (χ3v) is 3.29. The largest absolute Gasteiger partial charge is 0.346 e. The minimum Gasteiger partial charge on any atom is -0.346 e. The van der Waals surface area contributed by atoms with Crippen molar-refractivity contribution in [3.05, 3.63) is 36.0 Å². The van der Waals surface area contributed by atoms with Crippen LogP contribution in [0.25, 0.3) is 10.9 Å². The van der Waals surface area contributed by atoms with E-state index in [0.717, 1.165) is 19.1 Å². The Morgan fingerprint density at radius 1 is 1.31 bits per heavy atom. The van der Waals surface area contributed by atoms with Gasteiger partial charge in [0.05, 0.1) is 0 Å². The van der Waals surface area contributed by atoms with Crippen molar-refractivity contribution in [3.8, 4) is 0 Å². The first-order chi connectivity index (χ1) is 7.83. The summed E-state index contributed by atoms with van der Waals surface area (Å²) in [5.41, 5.74) is 2.69. The van der Waals surface area contributed by atoms with Crippen molar-refractivity contribution in [2.45, 2.75) is 32.4 Å². The van der Waals surface area contributed by atoms with Gasteiger partial charge in [0.15, 0.2) is 0 Å². The molecule has 0 amide bonds. The van der Waals surface area contributed by atoms with Gasteiger partial charge in [0.25, 0.3) is 0 Å². The Kier molecular flexibility index (Phi) is 2.44. The monoisotopic (exact) mass is 214 g/mol. The van der Waals surface area contributed by atoms with Gasteiger partial charge in [0, 0.05) is 30.8 Å². The summed E-state index contributed by atoms with van der Waals surface area (Å²) in [6, 6.07) is 9.66. The molecule has 2 nitrogen and oxygen atoms in total. The number of aryl methyl sites for hydroxylation is 1. The van der Waals surface area contributed by atoms with Crippen molar-refractivity contribution in [2.75, 3.05) is 6.54 Å². The lowest BCUT2D eigenvalue weighted by atomic mass is 10.2. The Hall–Kier alpha value is -1.28. The molecule has 1 aliphatic carbocycles. The van der Waals surface area contributed by atoms with E-state index < -0.39 is 0 Å². The van der Waals surface area contributed by atoms with Crippen molar-refractivity contribution in [2.24, 2.45) is 0 Å². The summed E-state index contributed by atoms with van der Waals surface area (Å²) in [5.74, 6) is 0. The van der Waals surface area contributed by atoms with Gasteiger partial charge in [-0.3, -0.25) is 0 Å². The summed E-state index contributed by atoms with van der Waals surface area (Å²) in [7, 11) is 0. The third-order valence-electron chi connectivity index (χ3n) is 3.29. The molecule has 1 N–H and O–H groups in total. The quantitative estimate of drug-likeness (QED) is 0.828. The Balaban J connectivity index is 1.76. The van der Waals surface area contributed by atoms with Crippen LogP contribution in [-0.4, -0.2) is 17.2 Å². The molecule has 0 radical (unpaired) electrons. The average molecular weight is 214 g/mol. The summed E-state index contributed by atoms with van der Waals surface area (Å²) in [6.07, 6.45) is 4.93. The fourth-order valence-electron chi connectivity index (χ4n) is 2.17. The highest BCUT2D eigenvalue weighted by atomic mass is 15.0. The fourth-order valence-corrected chi connectivity index (χ4v) is 2.17. The van der Waals surface area contributed by atoms with Gasteiger partial charge in [-0.1, -0.05) is 12.1 Å². The number of hydrogen-bond acceptors (Lipinski definition) is 1. The van der Waals surface area contributed by atoms with Crippen molar-refractivity contribution in [1.29, 1.82) is 0 Å². The molecule has 1 heterocycles. The van der Waals surface area contributed by atoms with E-state index in [1.165, 1.54) is 29.3 Å². The molecule has 1 aromatic carbocycles. The summed E-state index contributed by atoms with van der Waals surface area (Å²) < 4.78 is 2.34. The molecule has 0 saturated heterocycles. The van der Waals surface area contributed by atoms with E-state index in [-0.39, 0.29) is 0 Å². The topological polar surface area (TPSA) is 17.0 Å².